The van der Waals surface area contributed by atoms with Gasteiger partial charge in [0.2, 0.25) is 0 Å². The molecule has 1 amide bonds. The second-order valence-corrected chi connectivity index (χ2v) is 7.89. The zero-order valence-corrected chi connectivity index (χ0v) is 18.9. The highest BCUT2D eigenvalue weighted by Crippen LogP contribution is 2.27. The van der Waals surface area contributed by atoms with E-state index in [0.29, 0.717) is 22.7 Å². The van der Waals surface area contributed by atoms with Gasteiger partial charge in [0.15, 0.2) is 17.2 Å². The maximum Gasteiger partial charge on any atom is 0.277 e. The normalized spacial score (nSPS) is 10.9. The van der Waals surface area contributed by atoms with E-state index in [0.717, 1.165) is 11.0 Å². The first-order valence-corrected chi connectivity index (χ1v) is 10.8. The molecule has 162 valence electrons. The monoisotopic (exact) mass is 501 g/mol. The number of carbonyl (C=O) groups excluding carboxylic acids is 1. The number of nitrogens with zero attached hydrogens (tertiary/aromatic N) is 8. The summed E-state index contributed by atoms with van der Waals surface area (Å²) in [6.45, 7) is 2.72. The molecule has 0 fully saturated rings. The molecule has 0 atom stereocenters. The summed E-state index contributed by atoms with van der Waals surface area (Å²) < 4.78 is 5.69. The Morgan fingerprint density at radius 3 is 2.76 bits per heavy atom. The summed E-state index contributed by atoms with van der Waals surface area (Å²) in [7, 11) is 0. The maximum atomic E-state index is 13.1. The number of anilines is 1. The van der Waals surface area contributed by atoms with Crippen molar-refractivity contribution < 1.29 is 4.79 Å². The smallest absolute Gasteiger partial charge is 0.277 e. The van der Waals surface area contributed by atoms with E-state index in [2.05, 4.69) is 47.6 Å². The average molecular weight is 502 g/mol. The fourth-order valence-electron chi connectivity index (χ4n) is 3.41. The number of nitrogens with one attached hydrogen (secondary N) is 1. The van der Waals surface area contributed by atoms with E-state index in [1.54, 1.807) is 27.5 Å². The number of carbonyl (C=O) groups is 1. The van der Waals surface area contributed by atoms with Crippen LogP contribution in [-0.4, -0.2) is 40.1 Å². The van der Waals surface area contributed by atoms with E-state index in [4.69, 9.17) is 0 Å². The van der Waals surface area contributed by atoms with Crippen molar-refractivity contribution in [2.45, 2.75) is 13.5 Å². The molecule has 0 bridgehead atoms. The SMILES string of the molecule is CCn1cc(Br)c(-c2ccnc3cc(C(=O)Nc4c(C#N)cnn4-c4ccccc4)nn23)n1. The Balaban J connectivity index is 1.53. The Bertz CT molecular complexity index is 1520. The Morgan fingerprint density at radius 2 is 2.03 bits per heavy atom. The molecule has 1 N–H and O–H groups in total. The number of aryl methyl sites for hydroxylation is 1. The quantitative estimate of drug-likeness (QED) is 0.392. The van der Waals surface area contributed by atoms with Crippen LogP contribution in [-0.2, 0) is 6.54 Å². The molecular formula is C22H16BrN9O. The summed E-state index contributed by atoms with van der Waals surface area (Å²) in [5.74, 6) is -0.220. The van der Waals surface area contributed by atoms with Crippen LogP contribution in [0.1, 0.15) is 23.0 Å². The fraction of sp³-hybridized carbons (Fsp3) is 0.0909. The molecule has 0 aliphatic carbocycles. The van der Waals surface area contributed by atoms with E-state index < -0.39 is 5.91 Å². The number of hydrogen-bond donors (Lipinski definition) is 1. The lowest BCUT2D eigenvalue weighted by atomic mass is 10.3. The summed E-state index contributed by atoms with van der Waals surface area (Å²) in [4.78, 5) is 17.4. The summed E-state index contributed by atoms with van der Waals surface area (Å²) in [6, 6.07) is 14.7. The summed E-state index contributed by atoms with van der Waals surface area (Å²) >= 11 is 3.54. The van der Waals surface area contributed by atoms with E-state index in [9.17, 15) is 10.1 Å². The van der Waals surface area contributed by atoms with Gasteiger partial charge >= 0.3 is 0 Å². The highest BCUT2D eigenvalue weighted by atomic mass is 79.9. The van der Waals surface area contributed by atoms with Crippen LogP contribution in [0.3, 0.4) is 0 Å². The molecule has 33 heavy (non-hydrogen) atoms. The predicted octanol–water partition coefficient (Wildman–Crippen LogP) is 3.68. The van der Waals surface area contributed by atoms with Crippen molar-refractivity contribution in [1.82, 2.24) is 34.2 Å². The zero-order valence-electron chi connectivity index (χ0n) is 17.3. The minimum absolute atomic E-state index is 0.144. The van der Waals surface area contributed by atoms with E-state index >= 15 is 0 Å². The van der Waals surface area contributed by atoms with Crippen molar-refractivity contribution in [1.29, 1.82) is 5.26 Å². The summed E-state index contributed by atoms with van der Waals surface area (Å²) in [5.41, 5.74) is 2.96. The molecule has 0 radical (unpaired) electrons. The van der Waals surface area contributed by atoms with Crippen molar-refractivity contribution in [3.05, 3.63) is 76.8 Å². The van der Waals surface area contributed by atoms with Gasteiger partial charge in [-0.1, -0.05) is 18.2 Å². The van der Waals surface area contributed by atoms with E-state index in [1.807, 2.05) is 43.5 Å². The van der Waals surface area contributed by atoms with Gasteiger partial charge in [-0.2, -0.15) is 20.6 Å². The van der Waals surface area contributed by atoms with Crippen LogP contribution in [0.5, 0.6) is 0 Å². The number of para-hydroxylation sites is 1. The first-order valence-electron chi connectivity index (χ1n) is 10.0. The fourth-order valence-corrected chi connectivity index (χ4v) is 3.92. The van der Waals surface area contributed by atoms with E-state index in [1.165, 1.54) is 10.9 Å². The zero-order chi connectivity index (χ0) is 22.9. The minimum atomic E-state index is -0.487. The average Bonchev–Trinajstić information content (AvgIpc) is 3.55. The number of halogens is 1. The Kier molecular flexibility index (Phi) is 5.20. The minimum Gasteiger partial charge on any atom is -0.304 e. The molecule has 11 heteroatoms. The molecule has 0 unspecified atom stereocenters. The standard InChI is InChI=1S/C22H16BrN9O/c1-2-30-13-16(23)20(29-30)18-8-9-25-19-10-17(28-32(18)19)22(33)27-21-14(11-24)12-26-31(21)15-6-4-3-5-7-15/h3-10,12-13H,2H2,1H3,(H,27,33). The van der Waals surface area contributed by atoms with Gasteiger partial charge < -0.3 is 5.32 Å². The Labute approximate surface area is 196 Å². The highest BCUT2D eigenvalue weighted by Gasteiger charge is 2.20. The van der Waals surface area contributed by atoms with Gasteiger partial charge in [-0.3, -0.25) is 9.48 Å². The lowest BCUT2D eigenvalue weighted by Crippen LogP contribution is -2.16. The van der Waals surface area contributed by atoms with Gasteiger partial charge in [0.1, 0.15) is 17.3 Å². The molecule has 0 spiro atoms. The summed E-state index contributed by atoms with van der Waals surface area (Å²) in [5, 5.41) is 25.5. The number of aromatic nitrogens is 7. The molecule has 5 rings (SSSR count). The topological polar surface area (TPSA) is 119 Å². The lowest BCUT2D eigenvalue weighted by Gasteiger charge is -2.08. The first kappa shape index (κ1) is 20.6. The number of hydrogen-bond acceptors (Lipinski definition) is 6. The molecule has 0 aliphatic heterocycles. The molecule has 0 aliphatic rings. The molecule has 4 heterocycles. The molecular weight excluding hydrogens is 486 g/mol. The summed E-state index contributed by atoms with van der Waals surface area (Å²) in [6.07, 6.45) is 4.93. The largest absolute Gasteiger partial charge is 0.304 e. The van der Waals surface area contributed by atoms with Gasteiger partial charge in [-0.15, -0.1) is 0 Å². The van der Waals surface area contributed by atoms with Gasteiger partial charge in [0.05, 0.1) is 22.1 Å². The number of fused-ring (bicyclic) bond motifs is 1. The predicted molar refractivity (Wildman–Crippen MR) is 124 cm³/mol. The molecule has 5 aromatic rings. The lowest BCUT2D eigenvalue weighted by molar-refractivity contribution is 0.102. The van der Waals surface area contributed by atoms with Gasteiger partial charge in [0, 0.05) is 25.0 Å². The van der Waals surface area contributed by atoms with Crippen molar-refractivity contribution in [2.24, 2.45) is 0 Å². The van der Waals surface area contributed by atoms with Crippen LogP contribution in [0.4, 0.5) is 5.82 Å². The molecule has 10 nitrogen and oxygen atoms in total. The second kappa shape index (κ2) is 8.33. The first-order chi connectivity index (χ1) is 16.1. The van der Waals surface area contributed by atoms with Crippen LogP contribution in [0.25, 0.3) is 22.7 Å². The van der Waals surface area contributed by atoms with Gasteiger partial charge in [0.25, 0.3) is 5.91 Å². The maximum absolute atomic E-state index is 13.1. The van der Waals surface area contributed by atoms with Gasteiger partial charge in [-0.05, 0) is 41.1 Å². The van der Waals surface area contributed by atoms with Crippen LogP contribution >= 0.6 is 15.9 Å². The Hall–Kier alpha value is -4.30. The molecule has 4 aromatic heterocycles. The van der Waals surface area contributed by atoms with Crippen LogP contribution in [0.2, 0.25) is 0 Å². The third kappa shape index (κ3) is 3.66. The third-order valence-corrected chi connectivity index (χ3v) is 5.58. The Morgan fingerprint density at radius 1 is 1.21 bits per heavy atom. The van der Waals surface area contributed by atoms with Crippen LogP contribution < -0.4 is 5.32 Å². The second-order valence-electron chi connectivity index (χ2n) is 7.03. The van der Waals surface area contributed by atoms with Gasteiger partial charge in [-0.25, -0.2) is 14.2 Å². The van der Waals surface area contributed by atoms with E-state index in [-0.39, 0.29) is 17.1 Å². The van der Waals surface area contributed by atoms with Crippen LogP contribution in [0.15, 0.2) is 65.5 Å². The molecule has 0 saturated carbocycles. The number of benzene rings is 1. The van der Waals surface area contributed by atoms with Crippen molar-refractivity contribution >= 4 is 33.3 Å². The molecule has 0 saturated heterocycles. The molecule has 1 aromatic carbocycles. The number of nitriles is 1. The van der Waals surface area contributed by atoms with Crippen molar-refractivity contribution in [3.63, 3.8) is 0 Å². The van der Waals surface area contributed by atoms with Crippen molar-refractivity contribution in [2.75, 3.05) is 5.32 Å². The third-order valence-electron chi connectivity index (χ3n) is 5.00. The number of amides is 1. The highest BCUT2D eigenvalue weighted by molar-refractivity contribution is 9.10. The number of rotatable bonds is 5. The van der Waals surface area contributed by atoms with Crippen LogP contribution in [0, 0.1) is 11.3 Å². The van der Waals surface area contributed by atoms with Crippen molar-refractivity contribution in [3.8, 4) is 23.1 Å².